The number of rotatable bonds is 4. The van der Waals surface area contributed by atoms with Crippen LogP contribution in [0.15, 0.2) is 23.8 Å². The van der Waals surface area contributed by atoms with Crippen LogP contribution in [0.3, 0.4) is 0 Å². The molecule has 4 atom stereocenters. The van der Waals surface area contributed by atoms with Gasteiger partial charge >= 0.3 is 5.97 Å². The number of hydrogen-bond acceptors (Lipinski definition) is 3. The zero-order chi connectivity index (χ0) is 17.5. The van der Waals surface area contributed by atoms with Gasteiger partial charge in [-0.3, -0.25) is 0 Å². The van der Waals surface area contributed by atoms with E-state index in [-0.39, 0.29) is 11.4 Å². The van der Waals surface area contributed by atoms with Crippen molar-refractivity contribution in [2.24, 2.45) is 22.7 Å². The Bertz CT molecular complexity index is 559. The van der Waals surface area contributed by atoms with Gasteiger partial charge in [0.2, 0.25) is 0 Å². The van der Waals surface area contributed by atoms with Crippen LogP contribution in [0.5, 0.6) is 0 Å². The molecule has 3 nitrogen and oxygen atoms in total. The first-order valence-electron chi connectivity index (χ1n) is 9.33. The molecular weight excluding hydrogens is 300 g/mol. The van der Waals surface area contributed by atoms with Crippen molar-refractivity contribution in [1.82, 2.24) is 0 Å². The summed E-state index contributed by atoms with van der Waals surface area (Å²) in [4.78, 5) is 11.3. The van der Waals surface area contributed by atoms with Gasteiger partial charge in [-0.1, -0.05) is 32.9 Å². The monoisotopic (exact) mass is 332 g/mol. The zero-order valence-corrected chi connectivity index (χ0v) is 15.7. The van der Waals surface area contributed by atoms with E-state index in [1.54, 1.807) is 6.08 Å². The van der Waals surface area contributed by atoms with Crippen LogP contribution in [0.4, 0.5) is 0 Å². The highest BCUT2D eigenvalue weighted by molar-refractivity contribution is 5.85. The summed E-state index contributed by atoms with van der Waals surface area (Å²) in [6, 6.07) is 0. The quantitative estimate of drug-likeness (QED) is 0.554. The Kier molecular flexibility index (Phi) is 4.67. The molecule has 1 heterocycles. The predicted octanol–water partition coefficient (Wildman–Crippen LogP) is 4.67. The Morgan fingerprint density at radius 1 is 1.33 bits per heavy atom. The SMILES string of the molecule is C=C1CCC2C(C)(C)CC(OC)CC2(C)C1CCC1=CC(=O)OC1. The van der Waals surface area contributed by atoms with Crippen molar-refractivity contribution in [1.29, 1.82) is 0 Å². The van der Waals surface area contributed by atoms with E-state index in [1.165, 1.54) is 12.0 Å². The summed E-state index contributed by atoms with van der Waals surface area (Å²) in [5.74, 6) is 1.03. The van der Waals surface area contributed by atoms with Gasteiger partial charge in [0.25, 0.3) is 0 Å². The average Bonchev–Trinajstić information content (AvgIpc) is 2.90. The molecule has 0 radical (unpaired) electrons. The number of carbonyl (C=O) groups is 1. The van der Waals surface area contributed by atoms with E-state index in [0.29, 0.717) is 30.0 Å². The van der Waals surface area contributed by atoms with E-state index in [1.807, 2.05) is 7.11 Å². The van der Waals surface area contributed by atoms with Gasteiger partial charge in [-0.2, -0.15) is 0 Å². The molecular formula is C21H32O3. The molecule has 2 aliphatic carbocycles. The van der Waals surface area contributed by atoms with E-state index in [9.17, 15) is 4.79 Å². The van der Waals surface area contributed by atoms with Crippen LogP contribution in [0.1, 0.15) is 59.3 Å². The highest BCUT2D eigenvalue weighted by Crippen LogP contribution is 2.62. The van der Waals surface area contributed by atoms with Gasteiger partial charge in [-0.05, 0) is 66.8 Å². The Balaban J connectivity index is 1.81. The summed E-state index contributed by atoms with van der Waals surface area (Å²) in [6.45, 7) is 12.2. The lowest BCUT2D eigenvalue weighted by Crippen LogP contribution is -2.53. The van der Waals surface area contributed by atoms with Crippen molar-refractivity contribution >= 4 is 5.97 Å². The summed E-state index contributed by atoms with van der Waals surface area (Å²) >= 11 is 0. The van der Waals surface area contributed by atoms with Crippen molar-refractivity contribution in [3.05, 3.63) is 23.8 Å². The third-order valence-corrected chi connectivity index (χ3v) is 7.01. The fraction of sp³-hybridized carbons (Fsp3) is 0.762. The third kappa shape index (κ3) is 3.08. The van der Waals surface area contributed by atoms with Gasteiger partial charge in [0.05, 0.1) is 6.10 Å². The van der Waals surface area contributed by atoms with Crippen molar-refractivity contribution in [2.45, 2.75) is 65.4 Å². The van der Waals surface area contributed by atoms with Crippen LogP contribution < -0.4 is 0 Å². The molecule has 2 saturated carbocycles. The van der Waals surface area contributed by atoms with Crippen LogP contribution in [0.25, 0.3) is 0 Å². The summed E-state index contributed by atoms with van der Waals surface area (Å²) in [7, 11) is 1.85. The van der Waals surface area contributed by atoms with Gasteiger partial charge in [-0.15, -0.1) is 0 Å². The van der Waals surface area contributed by atoms with Crippen molar-refractivity contribution < 1.29 is 14.3 Å². The molecule has 2 fully saturated rings. The number of ether oxygens (including phenoxy) is 2. The predicted molar refractivity (Wildman–Crippen MR) is 95.5 cm³/mol. The lowest BCUT2D eigenvalue weighted by Gasteiger charge is -2.59. The van der Waals surface area contributed by atoms with E-state index >= 15 is 0 Å². The topological polar surface area (TPSA) is 35.5 Å². The van der Waals surface area contributed by atoms with Crippen molar-refractivity contribution in [3.63, 3.8) is 0 Å². The molecule has 3 aliphatic rings. The number of hydrogen-bond donors (Lipinski definition) is 0. The van der Waals surface area contributed by atoms with Gasteiger partial charge in [-0.25, -0.2) is 4.79 Å². The number of carbonyl (C=O) groups excluding carboxylic acids is 1. The van der Waals surface area contributed by atoms with E-state index in [2.05, 4.69) is 27.4 Å². The molecule has 3 rings (SSSR count). The fourth-order valence-electron chi connectivity index (χ4n) is 5.99. The van der Waals surface area contributed by atoms with Crippen molar-refractivity contribution in [3.8, 4) is 0 Å². The molecule has 0 aromatic carbocycles. The number of esters is 1. The van der Waals surface area contributed by atoms with Crippen LogP contribution in [-0.4, -0.2) is 25.8 Å². The first-order valence-corrected chi connectivity index (χ1v) is 9.33. The molecule has 0 spiro atoms. The normalized spacial score (nSPS) is 38.5. The molecule has 1 aliphatic heterocycles. The fourth-order valence-corrected chi connectivity index (χ4v) is 5.99. The molecule has 24 heavy (non-hydrogen) atoms. The second kappa shape index (κ2) is 6.33. The van der Waals surface area contributed by atoms with Gasteiger partial charge in [0.15, 0.2) is 0 Å². The summed E-state index contributed by atoms with van der Waals surface area (Å²) < 4.78 is 10.9. The standard InChI is InChI=1S/C21H32O3/c1-14-6-9-18-20(2,3)11-16(23-5)12-21(18,4)17(14)8-7-15-10-19(22)24-13-15/h10,16-18H,1,6-9,11-13H2,2-5H3. The maximum atomic E-state index is 11.3. The molecule has 134 valence electrons. The number of fused-ring (bicyclic) bond motifs is 1. The van der Waals surface area contributed by atoms with E-state index in [4.69, 9.17) is 9.47 Å². The highest BCUT2D eigenvalue weighted by Gasteiger charge is 2.55. The summed E-state index contributed by atoms with van der Waals surface area (Å²) in [5, 5.41) is 0. The number of cyclic esters (lactones) is 1. The van der Waals surface area contributed by atoms with Gasteiger partial charge in [0.1, 0.15) is 6.61 Å². The largest absolute Gasteiger partial charge is 0.458 e. The number of methoxy groups -OCH3 is 1. The maximum absolute atomic E-state index is 11.3. The Hall–Kier alpha value is -1.09. The first kappa shape index (κ1) is 17.7. The first-order chi connectivity index (χ1) is 11.3. The number of allylic oxidation sites excluding steroid dienone is 1. The lowest BCUT2D eigenvalue weighted by atomic mass is 9.46. The van der Waals surface area contributed by atoms with Gasteiger partial charge < -0.3 is 9.47 Å². The van der Waals surface area contributed by atoms with Crippen LogP contribution in [0, 0.1) is 22.7 Å². The Labute approximate surface area is 146 Å². The molecule has 0 N–H and O–H groups in total. The van der Waals surface area contributed by atoms with E-state index in [0.717, 1.165) is 37.7 Å². The third-order valence-electron chi connectivity index (χ3n) is 7.01. The minimum Gasteiger partial charge on any atom is -0.458 e. The highest BCUT2D eigenvalue weighted by atomic mass is 16.5. The molecule has 0 saturated heterocycles. The second-order valence-corrected chi connectivity index (χ2v) is 9.01. The molecule has 0 aromatic rings. The summed E-state index contributed by atoms with van der Waals surface area (Å²) in [5.41, 5.74) is 3.07. The van der Waals surface area contributed by atoms with Crippen LogP contribution >= 0.6 is 0 Å². The van der Waals surface area contributed by atoms with E-state index < -0.39 is 0 Å². The minimum atomic E-state index is -0.185. The Morgan fingerprint density at radius 3 is 2.71 bits per heavy atom. The van der Waals surface area contributed by atoms with Crippen molar-refractivity contribution in [2.75, 3.05) is 13.7 Å². The smallest absolute Gasteiger partial charge is 0.331 e. The van der Waals surface area contributed by atoms with Crippen LogP contribution in [-0.2, 0) is 14.3 Å². The van der Waals surface area contributed by atoms with Crippen LogP contribution in [0.2, 0.25) is 0 Å². The molecule has 0 amide bonds. The second-order valence-electron chi connectivity index (χ2n) is 9.01. The molecule has 4 unspecified atom stereocenters. The maximum Gasteiger partial charge on any atom is 0.331 e. The minimum absolute atomic E-state index is 0.185. The lowest BCUT2D eigenvalue weighted by molar-refractivity contribution is -0.135. The average molecular weight is 332 g/mol. The molecule has 0 bridgehead atoms. The zero-order valence-electron chi connectivity index (χ0n) is 15.7. The summed E-state index contributed by atoms with van der Waals surface area (Å²) in [6.07, 6.45) is 8.68. The molecule has 0 aromatic heterocycles. The Morgan fingerprint density at radius 2 is 2.08 bits per heavy atom. The molecule has 3 heteroatoms. The van der Waals surface area contributed by atoms with Gasteiger partial charge in [0, 0.05) is 13.2 Å².